The number of carbonyl (C=O) groups excluding carboxylic acids is 1. The zero-order valence-corrected chi connectivity index (χ0v) is 20.6. The highest BCUT2D eigenvalue weighted by molar-refractivity contribution is 6.03. The van der Waals surface area contributed by atoms with E-state index in [2.05, 4.69) is 68.7 Å². The Morgan fingerprint density at radius 2 is 1.56 bits per heavy atom. The Morgan fingerprint density at radius 3 is 2.19 bits per heavy atom. The molecule has 0 bridgehead atoms. The molecule has 0 saturated carbocycles. The number of nitrogen functional groups attached to an aromatic ring is 1. The number of anilines is 3. The van der Waals surface area contributed by atoms with E-state index < -0.39 is 0 Å². The van der Waals surface area contributed by atoms with E-state index in [1.165, 1.54) is 37.1 Å². The van der Waals surface area contributed by atoms with Gasteiger partial charge in [0.05, 0.1) is 13.2 Å². The van der Waals surface area contributed by atoms with Gasteiger partial charge in [-0.2, -0.15) is 9.97 Å². The number of nitrogens with one attached hydrogen (secondary N) is 1. The second kappa shape index (κ2) is 10.9. The van der Waals surface area contributed by atoms with E-state index in [1.54, 1.807) is 7.11 Å². The number of nitrogens with zero attached hydrogens (tertiary/aromatic N) is 4. The Kier molecular flexibility index (Phi) is 7.29. The summed E-state index contributed by atoms with van der Waals surface area (Å²) in [7, 11) is 1.60. The zero-order chi connectivity index (χ0) is 24.9. The molecule has 5 rings (SSSR count). The van der Waals surface area contributed by atoms with Crippen molar-refractivity contribution in [3.8, 4) is 17.1 Å². The van der Waals surface area contributed by atoms with Crippen LogP contribution in [0.5, 0.6) is 6.01 Å². The minimum atomic E-state index is -0.156. The molecule has 9 nitrogen and oxygen atoms in total. The van der Waals surface area contributed by atoms with E-state index in [9.17, 15) is 4.79 Å². The molecule has 0 aliphatic carbocycles. The van der Waals surface area contributed by atoms with Crippen molar-refractivity contribution in [3.63, 3.8) is 0 Å². The van der Waals surface area contributed by atoms with Gasteiger partial charge in [-0.15, -0.1) is 0 Å². The highest BCUT2D eigenvalue weighted by Crippen LogP contribution is 2.34. The number of benzene rings is 2. The van der Waals surface area contributed by atoms with Crippen molar-refractivity contribution in [1.29, 1.82) is 0 Å². The van der Waals surface area contributed by atoms with Gasteiger partial charge in [-0.25, -0.2) is 0 Å². The maximum Gasteiger partial charge on any atom is 0.320 e. The molecule has 1 amide bonds. The van der Waals surface area contributed by atoms with Crippen molar-refractivity contribution in [2.24, 2.45) is 0 Å². The number of nitrogens with two attached hydrogens (primary N) is 1. The smallest absolute Gasteiger partial charge is 0.320 e. The molecule has 1 fully saturated rings. The molecular formula is C27H32N6O3. The standard InChI is InChI=1S/C27H32N6O3/c1-35-14-15-36-27-30-25(28)24-26(31-27)33(18-23(34)29-24)17-20-6-10-22(11-7-20)21-8-4-19(5-9-21)16-32-12-2-3-13-32/h4-11H,2-3,12-18H2,1H3,(H,29,34)(H2,28,30,31). The Balaban J connectivity index is 1.29. The normalized spacial score (nSPS) is 15.6. The predicted molar refractivity (Wildman–Crippen MR) is 140 cm³/mol. The summed E-state index contributed by atoms with van der Waals surface area (Å²) in [6, 6.07) is 17.4. The van der Waals surface area contributed by atoms with Crippen LogP contribution in [0.25, 0.3) is 11.1 Å². The van der Waals surface area contributed by atoms with Crippen LogP contribution in [-0.2, 0) is 22.6 Å². The van der Waals surface area contributed by atoms with Gasteiger partial charge in [0.1, 0.15) is 12.3 Å². The number of methoxy groups -OCH3 is 1. The van der Waals surface area contributed by atoms with Crippen LogP contribution in [0.4, 0.5) is 17.3 Å². The lowest BCUT2D eigenvalue weighted by Crippen LogP contribution is -2.39. The lowest BCUT2D eigenvalue weighted by atomic mass is 10.0. The largest absolute Gasteiger partial charge is 0.461 e. The fourth-order valence-electron chi connectivity index (χ4n) is 4.66. The van der Waals surface area contributed by atoms with Crippen LogP contribution < -0.4 is 20.7 Å². The Morgan fingerprint density at radius 1 is 0.917 bits per heavy atom. The highest BCUT2D eigenvalue weighted by atomic mass is 16.5. The van der Waals surface area contributed by atoms with E-state index in [0.29, 0.717) is 31.3 Å². The molecule has 0 radical (unpaired) electrons. The highest BCUT2D eigenvalue weighted by Gasteiger charge is 2.27. The molecular weight excluding hydrogens is 456 g/mol. The van der Waals surface area contributed by atoms with Crippen molar-refractivity contribution in [2.75, 3.05) is 55.9 Å². The van der Waals surface area contributed by atoms with Crippen molar-refractivity contribution >= 4 is 23.2 Å². The summed E-state index contributed by atoms with van der Waals surface area (Å²) in [4.78, 5) is 25.4. The van der Waals surface area contributed by atoms with Gasteiger partial charge in [-0.1, -0.05) is 48.5 Å². The number of carbonyl (C=O) groups is 1. The van der Waals surface area contributed by atoms with Gasteiger partial charge in [0.2, 0.25) is 5.91 Å². The van der Waals surface area contributed by atoms with Crippen LogP contribution in [0, 0.1) is 0 Å². The number of ether oxygens (including phenoxy) is 2. The van der Waals surface area contributed by atoms with E-state index in [1.807, 2.05) is 4.90 Å². The first-order chi connectivity index (χ1) is 17.6. The number of fused-ring (bicyclic) bond motifs is 1. The monoisotopic (exact) mass is 488 g/mol. The van der Waals surface area contributed by atoms with E-state index in [-0.39, 0.29) is 24.3 Å². The minimum absolute atomic E-state index is 0.156. The van der Waals surface area contributed by atoms with Crippen LogP contribution in [0.2, 0.25) is 0 Å². The van der Waals surface area contributed by atoms with Crippen molar-refractivity contribution in [2.45, 2.75) is 25.9 Å². The molecule has 36 heavy (non-hydrogen) atoms. The number of aromatic nitrogens is 2. The van der Waals surface area contributed by atoms with Gasteiger partial charge in [0.25, 0.3) is 0 Å². The summed E-state index contributed by atoms with van der Waals surface area (Å²) in [6.45, 7) is 4.82. The van der Waals surface area contributed by atoms with Gasteiger partial charge in [-0.3, -0.25) is 9.69 Å². The minimum Gasteiger partial charge on any atom is -0.461 e. The first-order valence-corrected chi connectivity index (χ1v) is 12.3. The lowest BCUT2D eigenvalue weighted by molar-refractivity contribution is -0.115. The summed E-state index contributed by atoms with van der Waals surface area (Å²) in [6.07, 6.45) is 2.61. The first kappa shape index (κ1) is 24.0. The van der Waals surface area contributed by atoms with Crippen LogP contribution in [0.3, 0.4) is 0 Å². The summed E-state index contributed by atoms with van der Waals surface area (Å²) < 4.78 is 10.6. The number of rotatable bonds is 9. The topological polar surface area (TPSA) is 106 Å². The number of likely N-dealkylation sites (tertiary alicyclic amines) is 1. The van der Waals surface area contributed by atoms with Gasteiger partial charge in [0, 0.05) is 20.2 Å². The fraction of sp³-hybridized carbons (Fsp3) is 0.370. The first-order valence-electron chi connectivity index (χ1n) is 12.3. The van der Waals surface area contributed by atoms with Gasteiger partial charge < -0.3 is 25.4 Å². The summed E-state index contributed by atoms with van der Waals surface area (Å²) in [5.74, 6) is 0.567. The number of amides is 1. The van der Waals surface area contributed by atoms with Crippen LogP contribution in [0.15, 0.2) is 48.5 Å². The van der Waals surface area contributed by atoms with Gasteiger partial charge >= 0.3 is 6.01 Å². The Bertz CT molecular complexity index is 1190. The molecule has 0 unspecified atom stereocenters. The molecule has 3 N–H and O–H groups in total. The second-order valence-electron chi connectivity index (χ2n) is 9.21. The van der Waals surface area contributed by atoms with Crippen LogP contribution in [-0.4, -0.2) is 60.7 Å². The molecule has 3 aromatic rings. The third-order valence-electron chi connectivity index (χ3n) is 6.53. The second-order valence-corrected chi connectivity index (χ2v) is 9.21. The average molecular weight is 489 g/mol. The van der Waals surface area contributed by atoms with E-state index in [0.717, 1.165) is 17.7 Å². The van der Waals surface area contributed by atoms with Crippen molar-refractivity contribution < 1.29 is 14.3 Å². The van der Waals surface area contributed by atoms with Crippen molar-refractivity contribution in [3.05, 3.63) is 59.7 Å². The molecule has 1 saturated heterocycles. The molecule has 2 aliphatic heterocycles. The maximum atomic E-state index is 12.3. The quantitative estimate of drug-likeness (QED) is 0.442. The zero-order valence-electron chi connectivity index (χ0n) is 20.6. The Hall–Kier alpha value is -3.69. The van der Waals surface area contributed by atoms with Gasteiger partial charge in [-0.05, 0) is 48.2 Å². The summed E-state index contributed by atoms with van der Waals surface area (Å²) in [5, 5.41) is 2.78. The SMILES string of the molecule is COCCOc1nc(N)c2c(n1)N(Cc1ccc(-c3ccc(CN4CCCC4)cc3)cc1)CC(=O)N2. The molecule has 9 heteroatoms. The molecule has 0 spiro atoms. The third kappa shape index (κ3) is 5.58. The summed E-state index contributed by atoms with van der Waals surface area (Å²) >= 11 is 0. The number of hydrogen-bond donors (Lipinski definition) is 2. The van der Waals surface area contributed by atoms with Crippen LogP contribution in [0.1, 0.15) is 24.0 Å². The molecule has 0 atom stereocenters. The summed E-state index contributed by atoms with van der Waals surface area (Å²) in [5.41, 5.74) is 11.3. The maximum absolute atomic E-state index is 12.3. The fourth-order valence-corrected chi connectivity index (χ4v) is 4.66. The van der Waals surface area contributed by atoms with Crippen LogP contribution >= 0.6 is 0 Å². The molecule has 2 aromatic carbocycles. The molecule has 188 valence electrons. The molecule has 3 heterocycles. The van der Waals surface area contributed by atoms with E-state index >= 15 is 0 Å². The third-order valence-corrected chi connectivity index (χ3v) is 6.53. The van der Waals surface area contributed by atoms with E-state index in [4.69, 9.17) is 15.2 Å². The lowest BCUT2D eigenvalue weighted by Gasteiger charge is -2.30. The van der Waals surface area contributed by atoms with Crippen molar-refractivity contribution in [1.82, 2.24) is 14.9 Å². The molecule has 1 aromatic heterocycles. The predicted octanol–water partition coefficient (Wildman–Crippen LogP) is 3.31. The van der Waals surface area contributed by atoms with Gasteiger partial charge in [0.15, 0.2) is 11.6 Å². The molecule has 2 aliphatic rings. The Labute approximate surface area is 211 Å². The average Bonchev–Trinajstić information content (AvgIpc) is 3.39. The number of hydrogen-bond acceptors (Lipinski definition) is 8.